The van der Waals surface area contributed by atoms with Crippen molar-refractivity contribution < 1.29 is 26.5 Å². The van der Waals surface area contributed by atoms with Crippen molar-refractivity contribution in [3.8, 4) is 0 Å². The van der Waals surface area contributed by atoms with Gasteiger partial charge in [-0.05, 0) is 56.5 Å². The highest BCUT2D eigenvalue weighted by atomic mass is 32.2. The van der Waals surface area contributed by atoms with Gasteiger partial charge in [-0.1, -0.05) is 140 Å². The highest BCUT2D eigenvalue weighted by molar-refractivity contribution is 7.86. The quantitative estimate of drug-likeness (QED) is 0.0745. The largest absolute Gasteiger partial charge is 0.411 e. The maximum absolute atomic E-state index is 13.7. The highest BCUT2D eigenvalue weighted by Gasteiger charge is 2.42. The van der Waals surface area contributed by atoms with Gasteiger partial charge in [-0.2, -0.15) is 8.42 Å². The van der Waals surface area contributed by atoms with Gasteiger partial charge in [0.1, 0.15) is 6.10 Å². The molecular formula is C38H62O6SSi. The first-order valence-electron chi connectivity index (χ1n) is 17.8. The molecule has 1 heterocycles. The zero-order valence-corrected chi connectivity index (χ0v) is 31.6. The topological polar surface area (TPSA) is 71.1 Å². The lowest BCUT2D eigenvalue weighted by Gasteiger charge is -2.41. The van der Waals surface area contributed by atoms with E-state index in [0.29, 0.717) is 19.4 Å². The van der Waals surface area contributed by atoms with Crippen LogP contribution in [0.15, 0.2) is 59.5 Å². The molecular weight excluding hydrogens is 613 g/mol. The van der Waals surface area contributed by atoms with Crippen molar-refractivity contribution in [1.29, 1.82) is 0 Å². The summed E-state index contributed by atoms with van der Waals surface area (Å²) in [7, 11) is -6.24. The van der Waals surface area contributed by atoms with Crippen molar-refractivity contribution in [2.75, 3.05) is 6.61 Å². The van der Waals surface area contributed by atoms with E-state index < -0.39 is 30.8 Å². The second kappa shape index (κ2) is 18.8. The van der Waals surface area contributed by atoms with Crippen LogP contribution in [-0.2, 0) is 28.2 Å². The summed E-state index contributed by atoms with van der Waals surface area (Å²) >= 11 is 0. The second-order valence-electron chi connectivity index (χ2n) is 14.7. The molecule has 0 bridgehead atoms. The van der Waals surface area contributed by atoms with Crippen molar-refractivity contribution in [2.45, 2.75) is 166 Å². The van der Waals surface area contributed by atoms with Gasteiger partial charge >= 0.3 is 0 Å². The second-order valence-corrected chi connectivity index (χ2v) is 21.0. The van der Waals surface area contributed by atoms with Crippen LogP contribution in [0.1, 0.15) is 129 Å². The van der Waals surface area contributed by atoms with Gasteiger partial charge in [0.2, 0.25) is 0 Å². The lowest BCUT2D eigenvalue weighted by molar-refractivity contribution is -0.0636. The van der Waals surface area contributed by atoms with Crippen molar-refractivity contribution >= 4 is 18.4 Å². The van der Waals surface area contributed by atoms with Crippen LogP contribution >= 0.6 is 0 Å². The fraction of sp³-hybridized carbons (Fsp3) is 0.684. The van der Waals surface area contributed by atoms with Crippen molar-refractivity contribution in [3.63, 3.8) is 0 Å². The standard InChI is InChI=1S/C38H62O6SSi/c1-8-9-10-11-12-13-14-15-16-20-23-36(44-46(6,7)38(3,4)5)35(43-45(39,40)34-27-24-31(2)25-28-34)29-26-33-30-41-37(42-33)32-21-18-17-19-22-32/h17-19,21-22,24-25,27-28,33,35-37H,8-16,20,23,26,29-30H2,1-7H3/t33-,35+,36+,37?/m0/s1. The van der Waals surface area contributed by atoms with Crippen molar-refractivity contribution in [2.24, 2.45) is 0 Å². The molecule has 0 saturated carbocycles. The number of rotatable bonds is 21. The van der Waals surface area contributed by atoms with Crippen molar-refractivity contribution in [3.05, 3.63) is 65.7 Å². The van der Waals surface area contributed by atoms with Gasteiger partial charge in [0.15, 0.2) is 14.6 Å². The van der Waals surface area contributed by atoms with Crippen LogP contribution in [0.4, 0.5) is 0 Å². The molecule has 8 heteroatoms. The summed E-state index contributed by atoms with van der Waals surface area (Å²) < 4.78 is 52.8. The molecule has 2 aromatic rings. The van der Waals surface area contributed by atoms with Crippen molar-refractivity contribution in [1.82, 2.24) is 0 Å². The van der Waals surface area contributed by atoms with Gasteiger partial charge < -0.3 is 13.9 Å². The Kier molecular flexibility index (Phi) is 15.9. The molecule has 0 N–H and O–H groups in total. The Hall–Kier alpha value is -1.55. The monoisotopic (exact) mass is 674 g/mol. The summed E-state index contributed by atoms with van der Waals surface area (Å²) in [6.45, 7) is 15.8. The maximum Gasteiger partial charge on any atom is 0.297 e. The Labute approximate surface area is 282 Å². The Morgan fingerprint density at radius 2 is 1.41 bits per heavy atom. The Morgan fingerprint density at radius 1 is 0.826 bits per heavy atom. The van der Waals surface area contributed by atoms with Gasteiger partial charge in [0.25, 0.3) is 10.1 Å². The number of benzene rings is 2. The molecule has 0 amide bonds. The van der Waals surface area contributed by atoms with E-state index in [1.54, 1.807) is 12.1 Å². The van der Waals surface area contributed by atoms with E-state index in [9.17, 15) is 8.42 Å². The number of aryl methyl sites for hydroxylation is 1. The molecule has 1 saturated heterocycles. The third-order valence-corrected chi connectivity index (χ3v) is 15.5. The zero-order chi connectivity index (χ0) is 33.6. The minimum Gasteiger partial charge on any atom is -0.411 e. The number of hydrogen-bond donors (Lipinski definition) is 0. The van der Waals surface area contributed by atoms with Crippen LogP contribution in [0.25, 0.3) is 0 Å². The molecule has 0 spiro atoms. The first kappa shape index (κ1) is 38.9. The van der Waals surface area contributed by atoms with Gasteiger partial charge in [-0.15, -0.1) is 0 Å². The lowest BCUT2D eigenvalue weighted by Crippen LogP contribution is -2.48. The molecule has 1 aliphatic heterocycles. The van der Waals surface area contributed by atoms with E-state index in [-0.39, 0.29) is 22.1 Å². The molecule has 0 aliphatic carbocycles. The first-order chi connectivity index (χ1) is 21.8. The van der Waals surface area contributed by atoms with Crippen LogP contribution in [-0.4, -0.2) is 41.7 Å². The summed E-state index contributed by atoms with van der Waals surface area (Å²) in [5.74, 6) is 0. The number of hydrogen-bond acceptors (Lipinski definition) is 6. The van der Waals surface area contributed by atoms with Gasteiger partial charge in [0, 0.05) is 5.56 Å². The molecule has 1 fully saturated rings. The fourth-order valence-corrected chi connectivity index (χ4v) is 8.17. The Morgan fingerprint density at radius 3 is 2.00 bits per heavy atom. The SMILES string of the molecule is CCCCCCCCCCCC[C@@H](O[Si](C)(C)C(C)(C)C)[C@@H](CC[C@H]1COC(c2ccccc2)O1)OS(=O)(=O)c1ccc(C)cc1. The first-order valence-corrected chi connectivity index (χ1v) is 22.1. The molecule has 0 aromatic heterocycles. The summed E-state index contributed by atoms with van der Waals surface area (Å²) in [6.07, 6.45) is 12.8. The third-order valence-electron chi connectivity index (χ3n) is 9.66. The zero-order valence-electron chi connectivity index (χ0n) is 29.8. The van der Waals surface area contributed by atoms with E-state index in [4.69, 9.17) is 18.1 Å². The van der Waals surface area contributed by atoms with Gasteiger partial charge in [0.05, 0.1) is 23.7 Å². The van der Waals surface area contributed by atoms with E-state index in [2.05, 4.69) is 40.8 Å². The van der Waals surface area contributed by atoms with Gasteiger partial charge in [-0.3, -0.25) is 4.18 Å². The molecule has 1 aliphatic rings. The summed E-state index contributed by atoms with van der Waals surface area (Å²) in [6, 6.07) is 16.8. The Bertz CT molecular complexity index is 1230. The lowest BCUT2D eigenvalue weighted by atomic mass is 10.00. The molecule has 4 atom stereocenters. The van der Waals surface area contributed by atoms with E-state index in [0.717, 1.165) is 30.4 Å². The fourth-order valence-electron chi connectivity index (χ4n) is 5.66. The molecule has 260 valence electrons. The average molecular weight is 675 g/mol. The van der Waals surface area contributed by atoms with Gasteiger partial charge in [-0.25, -0.2) is 0 Å². The third kappa shape index (κ3) is 12.8. The van der Waals surface area contributed by atoms with Crippen LogP contribution in [0, 0.1) is 6.92 Å². The van der Waals surface area contributed by atoms with Crippen LogP contribution in [0.2, 0.25) is 18.1 Å². The smallest absolute Gasteiger partial charge is 0.297 e. The summed E-state index contributed by atoms with van der Waals surface area (Å²) in [5, 5.41) is -0.0191. The van der Waals surface area contributed by atoms with E-state index in [1.807, 2.05) is 49.4 Å². The number of ether oxygens (including phenoxy) is 2. The minimum atomic E-state index is -4.00. The Balaban J connectivity index is 1.73. The molecule has 2 aromatic carbocycles. The predicted molar refractivity (Wildman–Crippen MR) is 191 cm³/mol. The molecule has 0 radical (unpaired) electrons. The van der Waals surface area contributed by atoms with E-state index in [1.165, 1.54) is 51.4 Å². The van der Waals surface area contributed by atoms with E-state index >= 15 is 0 Å². The average Bonchev–Trinajstić information content (AvgIpc) is 3.49. The van der Waals surface area contributed by atoms with Crippen LogP contribution in [0.5, 0.6) is 0 Å². The summed E-state index contributed by atoms with van der Waals surface area (Å²) in [4.78, 5) is 0.178. The molecule has 6 nitrogen and oxygen atoms in total. The maximum atomic E-state index is 13.7. The van der Waals surface area contributed by atoms with Crippen LogP contribution in [0.3, 0.4) is 0 Å². The summed E-state index contributed by atoms with van der Waals surface area (Å²) in [5.41, 5.74) is 1.99. The predicted octanol–water partition coefficient (Wildman–Crippen LogP) is 10.7. The van der Waals surface area contributed by atoms with Crippen LogP contribution < -0.4 is 0 Å². The highest BCUT2D eigenvalue weighted by Crippen LogP contribution is 2.39. The molecule has 3 rings (SSSR count). The molecule has 1 unspecified atom stereocenters. The molecule has 46 heavy (non-hydrogen) atoms. The number of unbranched alkanes of at least 4 members (excludes halogenated alkanes) is 9. The normalized spacial score (nSPS) is 18.9. The minimum absolute atomic E-state index is 0.0191.